The number of imidazole rings is 2. The molecule has 0 saturated carbocycles. The zero-order valence-corrected chi connectivity index (χ0v) is 13.9. The number of aryl methyl sites for hydroxylation is 2. The van der Waals surface area contributed by atoms with E-state index in [9.17, 15) is 4.79 Å². The summed E-state index contributed by atoms with van der Waals surface area (Å²) < 4.78 is 6.23. The third-order valence-electron chi connectivity index (χ3n) is 4.57. The number of carbonyl (C=O) groups excluding carboxylic acids is 1. The van der Waals surface area contributed by atoms with Crippen LogP contribution in [0.4, 0.5) is 0 Å². The van der Waals surface area contributed by atoms with Crippen LogP contribution >= 0.6 is 0 Å². The second-order valence-electron chi connectivity index (χ2n) is 6.30. The van der Waals surface area contributed by atoms with E-state index in [2.05, 4.69) is 19.9 Å². The van der Waals surface area contributed by atoms with E-state index in [0.29, 0.717) is 6.42 Å². The Morgan fingerprint density at radius 2 is 2.00 bits per heavy atom. The molecule has 25 heavy (non-hydrogen) atoms. The predicted molar refractivity (Wildman–Crippen MR) is 92.6 cm³/mol. The third-order valence-corrected chi connectivity index (χ3v) is 4.57. The lowest BCUT2D eigenvalue weighted by Crippen LogP contribution is -2.13. The molecule has 0 fully saturated rings. The number of Topliss-reactive ketones (excluding diaryl/α,β-unsaturated/α-hetero) is 1. The summed E-state index contributed by atoms with van der Waals surface area (Å²) >= 11 is 0. The first-order valence-electron chi connectivity index (χ1n) is 8.59. The Balaban J connectivity index is 1.53. The number of aromatic nitrogens is 4. The van der Waals surface area contributed by atoms with Gasteiger partial charge in [0.2, 0.25) is 0 Å². The number of nitrogens with one attached hydrogen (secondary N) is 2. The Labute approximate surface area is 145 Å². The van der Waals surface area contributed by atoms with E-state index in [-0.39, 0.29) is 11.9 Å². The van der Waals surface area contributed by atoms with Gasteiger partial charge in [0.05, 0.1) is 24.0 Å². The first kappa shape index (κ1) is 15.6. The molecule has 1 unspecified atom stereocenters. The average Bonchev–Trinajstić information content (AvgIpc) is 3.32. The van der Waals surface area contributed by atoms with Gasteiger partial charge in [0.15, 0.2) is 5.78 Å². The molecule has 128 valence electrons. The predicted octanol–water partition coefficient (Wildman–Crippen LogP) is 3.40. The normalized spacial score (nSPS) is 15.0. The Bertz CT molecular complexity index is 840. The molecule has 0 bridgehead atoms. The van der Waals surface area contributed by atoms with Crippen LogP contribution < -0.4 is 4.74 Å². The van der Waals surface area contributed by atoms with Crippen molar-refractivity contribution in [3.8, 4) is 5.75 Å². The van der Waals surface area contributed by atoms with Crippen LogP contribution in [0.15, 0.2) is 43.2 Å². The maximum atomic E-state index is 12.0. The molecule has 0 saturated heterocycles. The van der Waals surface area contributed by atoms with Crippen molar-refractivity contribution >= 4 is 5.78 Å². The standard InChI is InChI=1S/C19H20N4O2/c24-18-3-1-2-13-8-15(5-6-16(13)18)25-19(17-10-21-12-23-17)7-4-14-9-20-11-22-14/h5-6,8-12,19H,1-4,7H2,(H,20,22)(H,21,23). The molecule has 1 aromatic carbocycles. The molecular weight excluding hydrogens is 316 g/mol. The number of carbonyl (C=O) groups is 1. The Morgan fingerprint density at radius 3 is 2.80 bits per heavy atom. The molecule has 1 aliphatic rings. The van der Waals surface area contributed by atoms with Gasteiger partial charge in [-0.2, -0.15) is 0 Å². The first-order valence-corrected chi connectivity index (χ1v) is 8.59. The van der Waals surface area contributed by atoms with E-state index in [0.717, 1.165) is 53.9 Å². The van der Waals surface area contributed by atoms with Gasteiger partial charge >= 0.3 is 0 Å². The summed E-state index contributed by atoms with van der Waals surface area (Å²) in [7, 11) is 0. The van der Waals surface area contributed by atoms with Crippen LogP contribution in [0.2, 0.25) is 0 Å². The minimum absolute atomic E-state index is 0.166. The van der Waals surface area contributed by atoms with Crippen molar-refractivity contribution in [2.75, 3.05) is 0 Å². The van der Waals surface area contributed by atoms with Crippen LogP contribution in [-0.2, 0) is 12.8 Å². The fourth-order valence-corrected chi connectivity index (χ4v) is 3.28. The van der Waals surface area contributed by atoms with Crippen LogP contribution in [0.3, 0.4) is 0 Å². The summed E-state index contributed by atoms with van der Waals surface area (Å²) in [5.74, 6) is 1.01. The maximum absolute atomic E-state index is 12.0. The van der Waals surface area contributed by atoms with Crippen molar-refractivity contribution in [1.29, 1.82) is 0 Å². The molecule has 0 aliphatic heterocycles. The molecule has 2 aromatic heterocycles. The van der Waals surface area contributed by atoms with Crippen molar-refractivity contribution in [1.82, 2.24) is 19.9 Å². The number of aromatic amines is 2. The van der Waals surface area contributed by atoms with Crippen molar-refractivity contribution in [2.24, 2.45) is 0 Å². The van der Waals surface area contributed by atoms with Gasteiger partial charge in [0.1, 0.15) is 11.9 Å². The van der Waals surface area contributed by atoms with Gasteiger partial charge in [-0.05, 0) is 49.4 Å². The zero-order chi connectivity index (χ0) is 17.1. The summed E-state index contributed by atoms with van der Waals surface area (Å²) in [6.07, 6.45) is 11.0. The highest BCUT2D eigenvalue weighted by atomic mass is 16.5. The highest BCUT2D eigenvalue weighted by Crippen LogP contribution is 2.29. The number of ketones is 1. The monoisotopic (exact) mass is 336 g/mol. The van der Waals surface area contributed by atoms with Gasteiger partial charge in [-0.15, -0.1) is 0 Å². The van der Waals surface area contributed by atoms with Crippen molar-refractivity contribution in [3.63, 3.8) is 0 Å². The fourth-order valence-electron chi connectivity index (χ4n) is 3.28. The van der Waals surface area contributed by atoms with E-state index in [4.69, 9.17) is 4.74 Å². The number of hydrogen-bond donors (Lipinski definition) is 2. The first-order chi connectivity index (χ1) is 12.3. The number of benzene rings is 1. The smallest absolute Gasteiger partial charge is 0.163 e. The molecular formula is C19H20N4O2. The van der Waals surface area contributed by atoms with Crippen molar-refractivity contribution < 1.29 is 9.53 Å². The van der Waals surface area contributed by atoms with Gasteiger partial charge in [-0.25, -0.2) is 9.97 Å². The lowest BCUT2D eigenvalue weighted by atomic mass is 9.90. The minimum atomic E-state index is -0.166. The van der Waals surface area contributed by atoms with Crippen LogP contribution in [-0.4, -0.2) is 25.7 Å². The van der Waals surface area contributed by atoms with E-state index < -0.39 is 0 Å². The number of hydrogen-bond acceptors (Lipinski definition) is 4. The number of fused-ring (bicyclic) bond motifs is 1. The summed E-state index contributed by atoms with van der Waals surface area (Å²) in [6, 6.07) is 5.78. The van der Waals surface area contributed by atoms with E-state index in [1.807, 2.05) is 30.6 Å². The molecule has 4 rings (SSSR count). The Morgan fingerprint density at radius 1 is 1.12 bits per heavy atom. The fraction of sp³-hybridized carbons (Fsp3) is 0.316. The summed E-state index contributed by atoms with van der Waals surface area (Å²) in [4.78, 5) is 26.5. The van der Waals surface area contributed by atoms with Crippen LogP contribution in [0, 0.1) is 0 Å². The maximum Gasteiger partial charge on any atom is 0.163 e. The topological polar surface area (TPSA) is 83.7 Å². The molecule has 6 heteroatoms. The molecule has 2 heterocycles. The van der Waals surface area contributed by atoms with Gasteiger partial charge in [0.25, 0.3) is 0 Å². The van der Waals surface area contributed by atoms with Crippen molar-refractivity contribution in [3.05, 3.63) is 65.8 Å². The van der Waals surface area contributed by atoms with Gasteiger partial charge < -0.3 is 14.7 Å². The van der Waals surface area contributed by atoms with Gasteiger partial charge in [-0.1, -0.05) is 0 Å². The Hall–Kier alpha value is -2.89. The number of ether oxygens (including phenoxy) is 1. The van der Waals surface area contributed by atoms with Gasteiger partial charge in [0, 0.05) is 24.4 Å². The Kier molecular flexibility index (Phi) is 4.33. The lowest BCUT2D eigenvalue weighted by Gasteiger charge is -2.20. The largest absolute Gasteiger partial charge is 0.484 e. The molecule has 0 amide bonds. The van der Waals surface area contributed by atoms with Crippen LogP contribution in [0.1, 0.15) is 52.7 Å². The van der Waals surface area contributed by atoms with E-state index in [1.54, 1.807) is 12.7 Å². The number of rotatable bonds is 6. The molecule has 1 aliphatic carbocycles. The number of nitrogens with zero attached hydrogens (tertiary/aromatic N) is 2. The summed E-state index contributed by atoms with van der Waals surface area (Å²) in [5.41, 5.74) is 3.79. The van der Waals surface area contributed by atoms with Crippen LogP contribution in [0.5, 0.6) is 5.75 Å². The van der Waals surface area contributed by atoms with E-state index >= 15 is 0 Å². The second kappa shape index (κ2) is 6.93. The molecule has 0 radical (unpaired) electrons. The summed E-state index contributed by atoms with van der Waals surface area (Å²) in [5, 5.41) is 0. The summed E-state index contributed by atoms with van der Waals surface area (Å²) in [6.45, 7) is 0. The SMILES string of the molecule is O=C1CCCc2cc(OC(CCc3c[nH]cn3)c3c[nH]cn3)ccc21. The van der Waals surface area contributed by atoms with Crippen molar-refractivity contribution in [2.45, 2.75) is 38.2 Å². The second-order valence-corrected chi connectivity index (χ2v) is 6.30. The van der Waals surface area contributed by atoms with Gasteiger partial charge in [-0.3, -0.25) is 4.79 Å². The van der Waals surface area contributed by atoms with E-state index in [1.165, 1.54) is 0 Å². The average molecular weight is 336 g/mol. The third kappa shape index (κ3) is 3.47. The quantitative estimate of drug-likeness (QED) is 0.722. The lowest BCUT2D eigenvalue weighted by molar-refractivity contribution is 0.0972. The highest BCUT2D eigenvalue weighted by Gasteiger charge is 2.20. The molecule has 6 nitrogen and oxygen atoms in total. The molecule has 1 atom stereocenters. The minimum Gasteiger partial charge on any atom is -0.484 e. The van der Waals surface area contributed by atoms with Crippen LogP contribution in [0.25, 0.3) is 0 Å². The molecule has 2 N–H and O–H groups in total. The zero-order valence-electron chi connectivity index (χ0n) is 13.9. The highest BCUT2D eigenvalue weighted by molar-refractivity contribution is 5.98. The molecule has 3 aromatic rings. The number of H-pyrrole nitrogens is 2. The molecule has 0 spiro atoms.